The maximum Gasteiger partial charge on any atom is 0.0594 e. The molecule has 0 fully saturated rings. The molecule has 0 aliphatic heterocycles. The van der Waals surface area contributed by atoms with Crippen molar-refractivity contribution >= 4 is 0 Å². The zero-order chi connectivity index (χ0) is 10.9. The third kappa shape index (κ3) is 5.50. The van der Waals surface area contributed by atoms with Crippen LogP contribution in [0.5, 0.6) is 0 Å². The summed E-state index contributed by atoms with van der Waals surface area (Å²) in [4.78, 5) is 4.22. The molecule has 0 aromatic carbocycles. The minimum Gasteiger partial charge on any atom is -0.377 e. The van der Waals surface area contributed by atoms with Crippen molar-refractivity contribution in [3.8, 4) is 0 Å². The number of nitrogens with zero attached hydrogens (tertiary/aromatic N) is 1. The third-order valence-electron chi connectivity index (χ3n) is 2.29. The third-order valence-corrected chi connectivity index (χ3v) is 2.29. The molecule has 1 unspecified atom stereocenters. The first-order valence-corrected chi connectivity index (χ1v) is 5.55. The zero-order valence-corrected chi connectivity index (χ0v) is 9.57. The van der Waals surface area contributed by atoms with Crippen molar-refractivity contribution in [1.82, 2.24) is 10.3 Å². The maximum atomic E-state index is 5.55. The van der Waals surface area contributed by atoms with Crippen LogP contribution in [0, 0.1) is 0 Å². The van der Waals surface area contributed by atoms with E-state index in [1.54, 1.807) is 0 Å². The van der Waals surface area contributed by atoms with Crippen LogP contribution in [-0.4, -0.2) is 24.2 Å². The standard InChI is InChI=1S/C12H20N2O/c1-3-11(2)15-9-8-13-10-12-6-4-5-7-14-12/h4-7,11,13H,3,8-10H2,1-2H3. The number of hydrogen-bond donors (Lipinski definition) is 1. The molecule has 3 heteroatoms. The Balaban J connectivity index is 2.03. The predicted molar refractivity (Wildman–Crippen MR) is 61.6 cm³/mol. The summed E-state index contributed by atoms with van der Waals surface area (Å²) in [6, 6.07) is 5.94. The topological polar surface area (TPSA) is 34.1 Å². The van der Waals surface area contributed by atoms with Crippen molar-refractivity contribution < 1.29 is 4.74 Å². The van der Waals surface area contributed by atoms with Gasteiger partial charge in [-0.3, -0.25) is 4.98 Å². The van der Waals surface area contributed by atoms with Crippen LogP contribution in [-0.2, 0) is 11.3 Å². The van der Waals surface area contributed by atoms with E-state index in [4.69, 9.17) is 4.74 Å². The highest BCUT2D eigenvalue weighted by Gasteiger charge is 1.97. The van der Waals surface area contributed by atoms with Crippen LogP contribution < -0.4 is 5.32 Å². The summed E-state index contributed by atoms with van der Waals surface area (Å²) in [6.45, 7) is 6.68. The Morgan fingerprint density at radius 2 is 2.33 bits per heavy atom. The molecular formula is C12H20N2O. The van der Waals surface area contributed by atoms with Crippen molar-refractivity contribution in [1.29, 1.82) is 0 Å². The van der Waals surface area contributed by atoms with Gasteiger partial charge in [0.05, 0.1) is 18.4 Å². The van der Waals surface area contributed by atoms with E-state index >= 15 is 0 Å². The molecule has 0 spiro atoms. The van der Waals surface area contributed by atoms with Gasteiger partial charge in [0, 0.05) is 19.3 Å². The van der Waals surface area contributed by atoms with Gasteiger partial charge < -0.3 is 10.1 Å². The SMILES string of the molecule is CCC(C)OCCNCc1ccccn1. The van der Waals surface area contributed by atoms with Gasteiger partial charge in [0.1, 0.15) is 0 Å². The lowest BCUT2D eigenvalue weighted by atomic mass is 10.3. The highest BCUT2D eigenvalue weighted by Crippen LogP contribution is 1.95. The lowest BCUT2D eigenvalue weighted by Crippen LogP contribution is -2.22. The average molecular weight is 208 g/mol. The minimum absolute atomic E-state index is 0.363. The highest BCUT2D eigenvalue weighted by atomic mass is 16.5. The second-order valence-electron chi connectivity index (χ2n) is 3.59. The van der Waals surface area contributed by atoms with Crippen LogP contribution >= 0.6 is 0 Å². The van der Waals surface area contributed by atoms with Crippen LogP contribution in [0.2, 0.25) is 0 Å². The molecule has 1 atom stereocenters. The fourth-order valence-corrected chi connectivity index (χ4v) is 1.17. The molecule has 0 saturated heterocycles. The molecule has 3 nitrogen and oxygen atoms in total. The molecule has 1 heterocycles. The molecule has 0 saturated carbocycles. The van der Waals surface area contributed by atoms with Gasteiger partial charge in [0.2, 0.25) is 0 Å². The predicted octanol–water partition coefficient (Wildman–Crippen LogP) is 1.99. The number of aromatic nitrogens is 1. The first-order chi connectivity index (χ1) is 7.33. The summed E-state index contributed by atoms with van der Waals surface area (Å²) >= 11 is 0. The Morgan fingerprint density at radius 3 is 3.00 bits per heavy atom. The highest BCUT2D eigenvalue weighted by molar-refractivity contribution is 5.02. The Labute approximate surface area is 91.9 Å². The molecule has 1 aromatic heterocycles. The average Bonchev–Trinajstić information content (AvgIpc) is 2.29. The Kier molecular flexibility index (Phi) is 5.97. The largest absolute Gasteiger partial charge is 0.377 e. The van der Waals surface area contributed by atoms with Crippen LogP contribution in [0.1, 0.15) is 26.0 Å². The number of rotatable bonds is 7. The molecule has 0 amide bonds. The van der Waals surface area contributed by atoms with Crippen LogP contribution in [0.15, 0.2) is 24.4 Å². The summed E-state index contributed by atoms with van der Waals surface area (Å²) in [6.07, 6.45) is 3.24. The van der Waals surface area contributed by atoms with E-state index in [1.165, 1.54) is 0 Å². The second kappa shape index (κ2) is 7.37. The zero-order valence-electron chi connectivity index (χ0n) is 9.57. The van der Waals surface area contributed by atoms with Gasteiger partial charge in [-0.05, 0) is 25.5 Å². The van der Waals surface area contributed by atoms with E-state index < -0.39 is 0 Å². The molecule has 0 bridgehead atoms. The monoisotopic (exact) mass is 208 g/mol. The lowest BCUT2D eigenvalue weighted by molar-refractivity contribution is 0.0654. The van der Waals surface area contributed by atoms with Gasteiger partial charge in [-0.1, -0.05) is 13.0 Å². The van der Waals surface area contributed by atoms with E-state index in [9.17, 15) is 0 Å². The quantitative estimate of drug-likeness (QED) is 0.696. The van der Waals surface area contributed by atoms with Crippen LogP contribution in [0.4, 0.5) is 0 Å². The van der Waals surface area contributed by atoms with Gasteiger partial charge in [-0.2, -0.15) is 0 Å². The lowest BCUT2D eigenvalue weighted by Gasteiger charge is -2.10. The number of ether oxygens (including phenoxy) is 1. The van der Waals surface area contributed by atoms with Crippen LogP contribution in [0.25, 0.3) is 0 Å². The normalized spacial score (nSPS) is 12.7. The molecule has 0 aliphatic carbocycles. The van der Waals surface area contributed by atoms with Gasteiger partial charge in [-0.25, -0.2) is 0 Å². The molecule has 84 valence electrons. The molecule has 1 aromatic rings. The summed E-state index contributed by atoms with van der Waals surface area (Å²) < 4.78 is 5.55. The Morgan fingerprint density at radius 1 is 1.47 bits per heavy atom. The minimum atomic E-state index is 0.363. The first kappa shape index (κ1) is 12.1. The van der Waals surface area contributed by atoms with Gasteiger partial charge in [0.15, 0.2) is 0 Å². The maximum absolute atomic E-state index is 5.55. The van der Waals surface area contributed by atoms with E-state index in [0.29, 0.717) is 6.10 Å². The summed E-state index contributed by atoms with van der Waals surface area (Å²) in [5, 5.41) is 3.29. The molecule has 1 N–H and O–H groups in total. The summed E-state index contributed by atoms with van der Waals surface area (Å²) in [7, 11) is 0. The Hall–Kier alpha value is -0.930. The fourth-order valence-electron chi connectivity index (χ4n) is 1.17. The molecule has 0 aliphatic rings. The first-order valence-electron chi connectivity index (χ1n) is 5.55. The van der Waals surface area contributed by atoms with Gasteiger partial charge in [0.25, 0.3) is 0 Å². The van der Waals surface area contributed by atoms with Gasteiger partial charge in [-0.15, -0.1) is 0 Å². The van der Waals surface area contributed by atoms with Gasteiger partial charge >= 0.3 is 0 Å². The smallest absolute Gasteiger partial charge is 0.0594 e. The molecule has 1 rings (SSSR count). The molecular weight excluding hydrogens is 188 g/mol. The van der Waals surface area contributed by atoms with Crippen molar-refractivity contribution in [2.45, 2.75) is 32.9 Å². The number of nitrogens with one attached hydrogen (secondary N) is 1. The van der Waals surface area contributed by atoms with E-state index in [2.05, 4.69) is 24.1 Å². The second-order valence-corrected chi connectivity index (χ2v) is 3.59. The summed E-state index contributed by atoms with van der Waals surface area (Å²) in [5.74, 6) is 0. The fraction of sp³-hybridized carbons (Fsp3) is 0.583. The van der Waals surface area contributed by atoms with Crippen molar-refractivity contribution in [2.24, 2.45) is 0 Å². The molecule has 0 radical (unpaired) electrons. The molecule has 15 heavy (non-hydrogen) atoms. The van der Waals surface area contributed by atoms with E-state index in [-0.39, 0.29) is 0 Å². The number of pyridine rings is 1. The van der Waals surface area contributed by atoms with E-state index in [1.807, 2.05) is 24.4 Å². The number of hydrogen-bond acceptors (Lipinski definition) is 3. The Bertz CT molecular complexity index is 251. The van der Waals surface area contributed by atoms with Crippen molar-refractivity contribution in [2.75, 3.05) is 13.2 Å². The van der Waals surface area contributed by atoms with Crippen LogP contribution in [0.3, 0.4) is 0 Å². The van der Waals surface area contributed by atoms with Crippen molar-refractivity contribution in [3.05, 3.63) is 30.1 Å². The van der Waals surface area contributed by atoms with E-state index in [0.717, 1.165) is 31.8 Å². The van der Waals surface area contributed by atoms with Crippen molar-refractivity contribution in [3.63, 3.8) is 0 Å². The summed E-state index contributed by atoms with van der Waals surface area (Å²) in [5.41, 5.74) is 1.07.